The van der Waals surface area contributed by atoms with E-state index in [1.165, 1.54) is 29.5 Å². The molecule has 0 aromatic heterocycles. The third-order valence-corrected chi connectivity index (χ3v) is 5.76. The lowest BCUT2D eigenvalue weighted by Crippen LogP contribution is -2.38. The lowest BCUT2D eigenvalue weighted by Gasteiger charge is -2.28. The SMILES string of the molecule is CCc1ccc(C(CNC(=O)COc2ccc(C(C)C)cc2)N2CCCC2)cc1. The smallest absolute Gasteiger partial charge is 0.258 e. The normalized spacial score (nSPS) is 15.4. The van der Waals surface area contributed by atoms with Gasteiger partial charge in [0.15, 0.2) is 6.61 Å². The minimum Gasteiger partial charge on any atom is -0.484 e. The second-order valence-electron chi connectivity index (χ2n) is 8.17. The van der Waals surface area contributed by atoms with Crippen LogP contribution in [0.25, 0.3) is 0 Å². The van der Waals surface area contributed by atoms with E-state index in [1.807, 2.05) is 12.1 Å². The Bertz CT molecular complexity index is 762. The molecular formula is C25H34N2O2. The molecule has 1 aliphatic rings. The summed E-state index contributed by atoms with van der Waals surface area (Å²) in [6.07, 6.45) is 3.50. The lowest BCUT2D eigenvalue weighted by atomic mass is 10.0. The summed E-state index contributed by atoms with van der Waals surface area (Å²) in [4.78, 5) is 14.9. The van der Waals surface area contributed by atoms with Crippen LogP contribution in [0, 0.1) is 0 Å². The average molecular weight is 395 g/mol. The summed E-state index contributed by atoms with van der Waals surface area (Å²) in [5, 5.41) is 3.08. The molecule has 1 amide bonds. The van der Waals surface area contributed by atoms with Crippen LogP contribution in [0.2, 0.25) is 0 Å². The number of carbonyl (C=O) groups excluding carboxylic acids is 1. The summed E-state index contributed by atoms with van der Waals surface area (Å²) in [6.45, 7) is 9.33. The zero-order valence-electron chi connectivity index (χ0n) is 18.0. The lowest BCUT2D eigenvalue weighted by molar-refractivity contribution is -0.123. The molecule has 0 aliphatic carbocycles. The maximum atomic E-state index is 12.4. The molecule has 1 fully saturated rings. The van der Waals surface area contributed by atoms with Gasteiger partial charge in [-0.1, -0.05) is 57.2 Å². The van der Waals surface area contributed by atoms with Gasteiger partial charge in [-0.3, -0.25) is 9.69 Å². The Balaban J connectivity index is 1.54. The van der Waals surface area contributed by atoms with Gasteiger partial charge in [-0.15, -0.1) is 0 Å². The van der Waals surface area contributed by atoms with Crippen molar-refractivity contribution in [2.75, 3.05) is 26.2 Å². The molecule has 1 saturated heterocycles. The first kappa shape index (κ1) is 21.4. The standard InChI is InChI=1S/C25H34N2O2/c1-4-20-7-9-22(10-8-20)24(27-15-5-6-16-27)17-26-25(28)18-29-23-13-11-21(12-14-23)19(2)3/h7-14,19,24H,4-6,15-18H2,1-3H3,(H,26,28). The minimum absolute atomic E-state index is 0.0442. The summed E-state index contributed by atoms with van der Waals surface area (Å²) in [6, 6.07) is 17.0. The zero-order chi connectivity index (χ0) is 20.6. The Labute approximate surface area is 175 Å². The van der Waals surface area contributed by atoms with Crippen LogP contribution in [0.1, 0.15) is 62.3 Å². The highest BCUT2D eigenvalue weighted by atomic mass is 16.5. The van der Waals surface area contributed by atoms with Gasteiger partial charge in [0.05, 0.1) is 6.04 Å². The Morgan fingerprint density at radius 2 is 1.62 bits per heavy atom. The van der Waals surface area contributed by atoms with Crippen molar-refractivity contribution in [3.05, 3.63) is 65.2 Å². The molecule has 1 aliphatic heterocycles. The predicted molar refractivity (Wildman–Crippen MR) is 118 cm³/mol. The maximum absolute atomic E-state index is 12.4. The molecule has 3 rings (SSSR count). The molecule has 4 nitrogen and oxygen atoms in total. The molecule has 0 spiro atoms. The number of benzene rings is 2. The van der Waals surface area contributed by atoms with Crippen molar-refractivity contribution in [1.82, 2.24) is 10.2 Å². The number of carbonyl (C=O) groups is 1. The minimum atomic E-state index is -0.0766. The van der Waals surface area contributed by atoms with Crippen molar-refractivity contribution in [2.45, 2.75) is 52.0 Å². The first-order valence-electron chi connectivity index (χ1n) is 10.9. The molecule has 0 saturated carbocycles. The Morgan fingerprint density at radius 1 is 1.00 bits per heavy atom. The van der Waals surface area contributed by atoms with Gasteiger partial charge in [0.25, 0.3) is 5.91 Å². The van der Waals surface area contributed by atoms with Crippen LogP contribution < -0.4 is 10.1 Å². The molecule has 1 unspecified atom stereocenters. The Morgan fingerprint density at radius 3 is 2.21 bits per heavy atom. The third-order valence-electron chi connectivity index (χ3n) is 5.76. The number of hydrogen-bond acceptors (Lipinski definition) is 3. The predicted octanol–water partition coefficient (Wildman–Crippen LogP) is 4.70. The maximum Gasteiger partial charge on any atom is 0.258 e. The van der Waals surface area contributed by atoms with Gasteiger partial charge >= 0.3 is 0 Å². The topological polar surface area (TPSA) is 41.6 Å². The van der Waals surface area contributed by atoms with E-state index in [2.05, 4.69) is 67.4 Å². The highest BCUT2D eigenvalue weighted by Gasteiger charge is 2.24. The molecule has 2 aromatic carbocycles. The number of aryl methyl sites for hydroxylation is 1. The third kappa shape index (κ3) is 6.07. The van der Waals surface area contributed by atoms with Crippen molar-refractivity contribution >= 4 is 5.91 Å². The fraction of sp³-hybridized carbons (Fsp3) is 0.480. The summed E-state index contributed by atoms with van der Waals surface area (Å²) in [7, 11) is 0. The molecule has 156 valence electrons. The van der Waals surface area contributed by atoms with Gasteiger partial charge in [0.1, 0.15) is 5.75 Å². The van der Waals surface area contributed by atoms with Crippen LogP contribution in [-0.2, 0) is 11.2 Å². The second kappa shape index (κ2) is 10.4. The van der Waals surface area contributed by atoms with Gasteiger partial charge in [-0.05, 0) is 67.1 Å². The van der Waals surface area contributed by atoms with Gasteiger partial charge in [-0.2, -0.15) is 0 Å². The number of ether oxygens (including phenoxy) is 1. The van der Waals surface area contributed by atoms with Gasteiger partial charge < -0.3 is 10.1 Å². The van der Waals surface area contributed by atoms with E-state index in [4.69, 9.17) is 4.74 Å². The van der Waals surface area contributed by atoms with Crippen LogP contribution >= 0.6 is 0 Å². The Hall–Kier alpha value is -2.33. The summed E-state index contributed by atoms with van der Waals surface area (Å²) in [5.41, 5.74) is 3.88. The summed E-state index contributed by atoms with van der Waals surface area (Å²) in [5.74, 6) is 1.14. The molecule has 29 heavy (non-hydrogen) atoms. The number of rotatable bonds is 9. The largest absolute Gasteiger partial charge is 0.484 e. The number of hydrogen-bond donors (Lipinski definition) is 1. The number of amides is 1. The van der Waals surface area contributed by atoms with Crippen LogP contribution in [-0.4, -0.2) is 37.0 Å². The Kier molecular flexibility index (Phi) is 7.70. The van der Waals surface area contributed by atoms with E-state index in [1.54, 1.807) is 0 Å². The highest BCUT2D eigenvalue weighted by molar-refractivity contribution is 5.77. The fourth-order valence-electron chi connectivity index (χ4n) is 3.85. The monoisotopic (exact) mass is 394 g/mol. The molecule has 2 aromatic rings. The number of nitrogens with zero attached hydrogens (tertiary/aromatic N) is 1. The van der Waals surface area contributed by atoms with E-state index in [0.29, 0.717) is 12.5 Å². The van der Waals surface area contributed by atoms with Crippen LogP contribution in [0.5, 0.6) is 5.75 Å². The van der Waals surface area contributed by atoms with Crippen molar-refractivity contribution in [1.29, 1.82) is 0 Å². The fourth-order valence-corrected chi connectivity index (χ4v) is 3.85. The highest BCUT2D eigenvalue weighted by Crippen LogP contribution is 2.25. The van der Waals surface area contributed by atoms with E-state index in [9.17, 15) is 4.79 Å². The number of nitrogens with one attached hydrogen (secondary N) is 1. The molecule has 0 bridgehead atoms. The van der Waals surface area contributed by atoms with E-state index >= 15 is 0 Å². The van der Waals surface area contributed by atoms with Gasteiger partial charge in [-0.25, -0.2) is 0 Å². The molecule has 1 heterocycles. The van der Waals surface area contributed by atoms with Crippen LogP contribution in [0.15, 0.2) is 48.5 Å². The van der Waals surface area contributed by atoms with Gasteiger partial charge in [0.2, 0.25) is 0 Å². The first-order valence-corrected chi connectivity index (χ1v) is 10.9. The molecular weight excluding hydrogens is 360 g/mol. The van der Waals surface area contributed by atoms with Crippen molar-refractivity contribution in [2.24, 2.45) is 0 Å². The number of likely N-dealkylation sites (tertiary alicyclic amines) is 1. The van der Waals surface area contributed by atoms with Crippen molar-refractivity contribution < 1.29 is 9.53 Å². The first-order chi connectivity index (χ1) is 14.1. The quantitative estimate of drug-likeness (QED) is 0.670. The van der Waals surface area contributed by atoms with Crippen molar-refractivity contribution in [3.8, 4) is 5.75 Å². The van der Waals surface area contributed by atoms with E-state index in [-0.39, 0.29) is 18.6 Å². The molecule has 4 heteroatoms. The zero-order valence-corrected chi connectivity index (χ0v) is 18.0. The van der Waals surface area contributed by atoms with Gasteiger partial charge in [0, 0.05) is 6.54 Å². The summed E-state index contributed by atoms with van der Waals surface area (Å²) < 4.78 is 5.67. The van der Waals surface area contributed by atoms with Crippen LogP contribution in [0.3, 0.4) is 0 Å². The second-order valence-corrected chi connectivity index (χ2v) is 8.17. The molecule has 1 N–H and O–H groups in total. The van der Waals surface area contributed by atoms with Crippen LogP contribution in [0.4, 0.5) is 0 Å². The van der Waals surface area contributed by atoms with Crippen molar-refractivity contribution in [3.63, 3.8) is 0 Å². The molecule has 0 radical (unpaired) electrons. The van der Waals surface area contributed by atoms with E-state index < -0.39 is 0 Å². The average Bonchev–Trinajstić information content (AvgIpc) is 3.27. The molecule has 1 atom stereocenters. The van der Waals surface area contributed by atoms with E-state index in [0.717, 1.165) is 25.3 Å². The summed E-state index contributed by atoms with van der Waals surface area (Å²) >= 11 is 0.